The van der Waals surface area contributed by atoms with Crippen LogP contribution in [0.25, 0.3) is 0 Å². The number of hydrogen-bond acceptors (Lipinski definition) is 4. The third-order valence-corrected chi connectivity index (χ3v) is 2.55. The summed E-state index contributed by atoms with van der Waals surface area (Å²) in [5.41, 5.74) is 0. The van der Waals surface area contributed by atoms with Gasteiger partial charge in [0.2, 0.25) is 5.91 Å². The van der Waals surface area contributed by atoms with Crippen molar-refractivity contribution in [1.29, 1.82) is 0 Å². The van der Waals surface area contributed by atoms with Crippen LogP contribution >= 0.6 is 0 Å². The zero-order valence-corrected chi connectivity index (χ0v) is 11.2. The van der Waals surface area contributed by atoms with Gasteiger partial charge < -0.3 is 15.4 Å². The number of amides is 1. The maximum absolute atomic E-state index is 11.7. The van der Waals surface area contributed by atoms with E-state index < -0.39 is 0 Å². The van der Waals surface area contributed by atoms with Gasteiger partial charge in [-0.3, -0.25) is 9.48 Å². The molecule has 1 aromatic heterocycles. The van der Waals surface area contributed by atoms with E-state index in [2.05, 4.69) is 15.7 Å². The highest BCUT2D eigenvalue weighted by Crippen LogP contribution is 1.93. The summed E-state index contributed by atoms with van der Waals surface area (Å²) >= 11 is 0. The lowest BCUT2D eigenvalue weighted by molar-refractivity contribution is -0.123. The third-order valence-electron chi connectivity index (χ3n) is 2.55. The number of carbonyl (C=O) groups excluding carboxylic acids is 1. The second-order valence-corrected chi connectivity index (χ2v) is 4.30. The molecule has 6 heteroatoms. The SMILES string of the molecule is COCCNC(=O)C(C)NC(C)Cn1cccn1. The summed E-state index contributed by atoms with van der Waals surface area (Å²) in [5.74, 6) is -0.0145. The molecule has 0 aliphatic heterocycles. The Balaban J connectivity index is 2.25. The monoisotopic (exact) mass is 254 g/mol. The van der Waals surface area contributed by atoms with Gasteiger partial charge in [-0.25, -0.2) is 0 Å². The minimum Gasteiger partial charge on any atom is -0.383 e. The number of nitrogens with zero attached hydrogens (tertiary/aromatic N) is 2. The van der Waals surface area contributed by atoms with E-state index in [1.165, 1.54) is 0 Å². The molecule has 18 heavy (non-hydrogen) atoms. The summed E-state index contributed by atoms with van der Waals surface area (Å²) in [6, 6.07) is 1.83. The van der Waals surface area contributed by atoms with Crippen LogP contribution in [0.1, 0.15) is 13.8 Å². The maximum Gasteiger partial charge on any atom is 0.236 e. The van der Waals surface area contributed by atoms with Crippen LogP contribution in [0.2, 0.25) is 0 Å². The Morgan fingerprint density at radius 2 is 2.28 bits per heavy atom. The Hall–Kier alpha value is -1.40. The predicted molar refractivity (Wildman–Crippen MR) is 69.2 cm³/mol. The fourth-order valence-corrected chi connectivity index (χ4v) is 1.67. The minimum atomic E-state index is -0.229. The molecule has 6 nitrogen and oxygen atoms in total. The van der Waals surface area contributed by atoms with E-state index in [9.17, 15) is 4.79 Å². The van der Waals surface area contributed by atoms with Gasteiger partial charge in [-0.2, -0.15) is 5.10 Å². The van der Waals surface area contributed by atoms with Crippen molar-refractivity contribution in [2.45, 2.75) is 32.5 Å². The van der Waals surface area contributed by atoms with E-state index in [0.29, 0.717) is 13.2 Å². The Morgan fingerprint density at radius 3 is 2.89 bits per heavy atom. The summed E-state index contributed by atoms with van der Waals surface area (Å²) in [7, 11) is 1.61. The van der Waals surface area contributed by atoms with Gasteiger partial charge >= 0.3 is 0 Å². The van der Waals surface area contributed by atoms with Crippen LogP contribution in [-0.4, -0.2) is 48.0 Å². The van der Waals surface area contributed by atoms with Crippen LogP contribution in [0.3, 0.4) is 0 Å². The van der Waals surface area contributed by atoms with Crippen molar-refractivity contribution in [1.82, 2.24) is 20.4 Å². The molecule has 0 aliphatic carbocycles. The number of ether oxygens (including phenoxy) is 1. The Kier molecular flexibility index (Phi) is 6.38. The highest BCUT2D eigenvalue weighted by Gasteiger charge is 2.14. The Labute approximate surface area is 108 Å². The minimum absolute atomic E-state index is 0.0145. The van der Waals surface area contributed by atoms with Crippen molar-refractivity contribution in [3.05, 3.63) is 18.5 Å². The average molecular weight is 254 g/mol. The molecule has 2 atom stereocenters. The van der Waals surface area contributed by atoms with Crippen molar-refractivity contribution in [3.8, 4) is 0 Å². The van der Waals surface area contributed by atoms with Crippen molar-refractivity contribution >= 4 is 5.91 Å². The van der Waals surface area contributed by atoms with Crippen LogP contribution in [0.4, 0.5) is 0 Å². The molecule has 1 aromatic rings. The number of nitrogens with one attached hydrogen (secondary N) is 2. The molecule has 1 rings (SSSR count). The lowest BCUT2D eigenvalue weighted by Gasteiger charge is -2.19. The zero-order valence-electron chi connectivity index (χ0n) is 11.2. The molecular formula is C12H22N4O2. The standard InChI is InChI=1S/C12H22N4O2/c1-10(9-16-7-4-5-14-16)15-11(2)12(17)13-6-8-18-3/h4-5,7,10-11,15H,6,8-9H2,1-3H3,(H,13,17). The summed E-state index contributed by atoms with van der Waals surface area (Å²) in [5, 5.41) is 10.2. The molecule has 0 saturated carbocycles. The third kappa shape index (κ3) is 5.29. The van der Waals surface area contributed by atoms with Crippen molar-refractivity contribution in [2.24, 2.45) is 0 Å². The zero-order chi connectivity index (χ0) is 13.4. The molecule has 0 saturated heterocycles. The van der Waals surface area contributed by atoms with Gasteiger partial charge in [0.25, 0.3) is 0 Å². The Morgan fingerprint density at radius 1 is 1.50 bits per heavy atom. The molecule has 0 radical (unpaired) electrons. The second-order valence-electron chi connectivity index (χ2n) is 4.30. The van der Waals surface area contributed by atoms with Gasteiger partial charge in [-0.05, 0) is 19.9 Å². The first-order chi connectivity index (χ1) is 8.63. The quantitative estimate of drug-likeness (QED) is 0.641. The van der Waals surface area contributed by atoms with E-state index in [-0.39, 0.29) is 18.0 Å². The molecule has 0 fully saturated rings. The van der Waals surface area contributed by atoms with Gasteiger partial charge in [-0.1, -0.05) is 0 Å². The summed E-state index contributed by atoms with van der Waals surface area (Å²) in [6.07, 6.45) is 3.65. The van der Waals surface area contributed by atoms with Gasteiger partial charge in [-0.15, -0.1) is 0 Å². The molecule has 2 N–H and O–H groups in total. The molecule has 0 aromatic carbocycles. The average Bonchev–Trinajstić information content (AvgIpc) is 2.81. The molecule has 1 heterocycles. The number of hydrogen-bond donors (Lipinski definition) is 2. The Bertz CT molecular complexity index is 340. The molecular weight excluding hydrogens is 232 g/mol. The molecule has 0 bridgehead atoms. The van der Waals surface area contributed by atoms with Crippen LogP contribution in [0.15, 0.2) is 18.5 Å². The highest BCUT2D eigenvalue weighted by molar-refractivity contribution is 5.81. The van der Waals surface area contributed by atoms with E-state index in [4.69, 9.17) is 4.74 Å². The first kappa shape index (κ1) is 14.7. The van der Waals surface area contributed by atoms with Gasteiger partial charge in [0.05, 0.1) is 19.2 Å². The van der Waals surface area contributed by atoms with Gasteiger partial charge in [0.15, 0.2) is 0 Å². The van der Waals surface area contributed by atoms with Crippen LogP contribution in [0, 0.1) is 0 Å². The van der Waals surface area contributed by atoms with E-state index >= 15 is 0 Å². The van der Waals surface area contributed by atoms with Crippen LogP contribution in [0.5, 0.6) is 0 Å². The molecule has 102 valence electrons. The number of rotatable bonds is 8. The summed E-state index contributed by atoms with van der Waals surface area (Å²) in [6.45, 7) is 5.68. The fourth-order valence-electron chi connectivity index (χ4n) is 1.67. The summed E-state index contributed by atoms with van der Waals surface area (Å²) < 4.78 is 6.72. The normalized spacial score (nSPS) is 14.2. The fraction of sp³-hybridized carbons (Fsp3) is 0.667. The van der Waals surface area contributed by atoms with Crippen LogP contribution < -0.4 is 10.6 Å². The first-order valence-corrected chi connectivity index (χ1v) is 6.13. The smallest absolute Gasteiger partial charge is 0.236 e. The first-order valence-electron chi connectivity index (χ1n) is 6.13. The second kappa shape index (κ2) is 7.84. The number of carbonyl (C=O) groups is 1. The summed E-state index contributed by atoms with van der Waals surface area (Å²) in [4.78, 5) is 11.7. The molecule has 0 aliphatic rings. The van der Waals surface area contributed by atoms with Crippen molar-refractivity contribution in [2.75, 3.05) is 20.3 Å². The van der Waals surface area contributed by atoms with Gasteiger partial charge in [0, 0.05) is 32.1 Å². The lowest BCUT2D eigenvalue weighted by Crippen LogP contribution is -2.47. The van der Waals surface area contributed by atoms with Crippen LogP contribution in [-0.2, 0) is 16.1 Å². The predicted octanol–water partition coefficient (Wildman–Crippen LogP) is 0.0123. The van der Waals surface area contributed by atoms with E-state index in [0.717, 1.165) is 6.54 Å². The topological polar surface area (TPSA) is 68.2 Å². The molecule has 0 spiro atoms. The van der Waals surface area contributed by atoms with Crippen molar-refractivity contribution < 1.29 is 9.53 Å². The lowest BCUT2D eigenvalue weighted by atomic mass is 10.2. The van der Waals surface area contributed by atoms with E-state index in [1.54, 1.807) is 13.3 Å². The number of methoxy groups -OCH3 is 1. The largest absolute Gasteiger partial charge is 0.383 e. The molecule has 1 amide bonds. The number of aromatic nitrogens is 2. The van der Waals surface area contributed by atoms with E-state index in [1.807, 2.05) is 30.8 Å². The highest BCUT2D eigenvalue weighted by atomic mass is 16.5. The molecule has 2 unspecified atom stereocenters. The van der Waals surface area contributed by atoms with Gasteiger partial charge in [0.1, 0.15) is 0 Å². The van der Waals surface area contributed by atoms with Crippen molar-refractivity contribution in [3.63, 3.8) is 0 Å². The maximum atomic E-state index is 11.7.